The molecule has 3 heterocycles. The number of methoxy groups -OCH3 is 1. The van der Waals surface area contributed by atoms with Gasteiger partial charge < -0.3 is 14.5 Å². The van der Waals surface area contributed by atoms with Crippen LogP contribution in [0.15, 0.2) is 47.3 Å². The number of ether oxygens (including phenoxy) is 1. The molecule has 0 aliphatic rings. The number of aromatic nitrogens is 3. The number of anilines is 1. The van der Waals surface area contributed by atoms with Gasteiger partial charge in [0.2, 0.25) is 5.89 Å². The van der Waals surface area contributed by atoms with Crippen LogP contribution in [0.5, 0.6) is 5.75 Å². The van der Waals surface area contributed by atoms with Gasteiger partial charge in [-0.15, -0.1) is 0 Å². The molecule has 0 bridgehead atoms. The van der Waals surface area contributed by atoms with E-state index in [0.717, 1.165) is 33.4 Å². The van der Waals surface area contributed by atoms with Crippen LogP contribution in [0.1, 0.15) is 0 Å². The monoisotopic (exact) mass is 306 g/mol. The Labute approximate surface area is 132 Å². The summed E-state index contributed by atoms with van der Waals surface area (Å²) in [7, 11) is 3.46. The Morgan fingerprint density at radius 2 is 2.04 bits per heavy atom. The van der Waals surface area contributed by atoms with Crippen LogP contribution in [-0.2, 0) is 0 Å². The first-order valence-corrected chi connectivity index (χ1v) is 7.15. The topological polar surface area (TPSA) is 73.1 Å². The summed E-state index contributed by atoms with van der Waals surface area (Å²) in [5.74, 6) is 2.05. The minimum absolute atomic E-state index is 0.527. The van der Waals surface area contributed by atoms with Crippen molar-refractivity contribution in [3.05, 3.63) is 42.9 Å². The molecular weight excluding hydrogens is 292 g/mol. The van der Waals surface area contributed by atoms with E-state index in [0.29, 0.717) is 11.5 Å². The van der Waals surface area contributed by atoms with Crippen molar-refractivity contribution < 1.29 is 9.15 Å². The van der Waals surface area contributed by atoms with Crippen LogP contribution in [-0.4, -0.2) is 29.1 Å². The van der Waals surface area contributed by atoms with E-state index in [1.165, 1.54) is 0 Å². The normalized spacial score (nSPS) is 11.0. The molecule has 6 nitrogen and oxygen atoms in total. The Hall–Kier alpha value is -3.15. The molecule has 0 radical (unpaired) electrons. The second-order valence-corrected chi connectivity index (χ2v) is 5.04. The fraction of sp³-hybridized carbons (Fsp3) is 0.118. The fourth-order valence-corrected chi connectivity index (χ4v) is 2.61. The molecule has 0 aliphatic carbocycles. The van der Waals surface area contributed by atoms with Gasteiger partial charge in [0.1, 0.15) is 17.1 Å². The van der Waals surface area contributed by atoms with Crippen LogP contribution >= 0.6 is 0 Å². The van der Waals surface area contributed by atoms with Crippen LogP contribution < -0.4 is 10.1 Å². The minimum Gasteiger partial charge on any atom is -0.497 e. The van der Waals surface area contributed by atoms with E-state index in [2.05, 4.69) is 20.3 Å². The maximum atomic E-state index is 5.89. The summed E-state index contributed by atoms with van der Waals surface area (Å²) >= 11 is 0. The second-order valence-electron chi connectivity index (χ2n) is 5.04. The molecule has 23 heavy (non-hydrogen) atoms. The molecule has 0 amide bonds. The van der Waals surface area contributed by atoms with Crippen LogP contribution in [0.3, 0.4) is 0 Å². The van der Waals surface area contributed by atoms with E-state index in [1.54, 1.807) is 25.7 Å². The van der Waals surface area contributed by atoms with E-state index in [1.807, 2.05) is 31.3 Å². The molecule has 0 aliphatic heterocycles. The van der Waals surface area contributed by atoms with E-state index in [4.69, 9.17) is 9.15 Å². The molecule has 0 unspecified atom stereocenters. The molecule has 114 valence electrons. The van der Waals surface area contributed by atoms with Crippen molar-refractivity contribution in [1.29, 1.82) is 0 Å². The Bertz CT molecular complexity index is 1010. The standard InChI is InChI=1S/C17H14N4O2/c1-18-16-12-8-19-6-5-11(12)13(9-20-16)17-21-14-7-10(22-2)3-4-15(14)23-17/h3-9H,1-2H3,(H,18,20). The predicted octanol–water partition coefficient (Wildman–Crippen LogP) is 3.49. The number of nitrogens with zero attached hydrogens (tertiary/aromatic N) is 3. The Kier molecular flexibility index (Phi) is 3.08. The zero-order valence-electron chi connectivity index (χ0n) is 12.7. The highest BCUT2D eigenvalue weighted by Gasteiger charge is 2.14. The van der Waals surface area contributed by atoms with E-state index in [9.17, 15) is 0 Å². The minimum atomic E-state index is 0.527. The predicted molar refractivity (Wildman–Crippen MR) is 88.6 cm³/mol. The van der Waals surface area contributed by atoms with Gasteiger partial charge in [-0.25, -0.2) is 9.97 Å². The number of rotatable bonds is 3. The van der Waals surface area contributed by atoms with Crippen molar-refractivity contribution in [2.75, 3.05) is 19.5 Å². The van der Waals surface area contributed by atoms with E-state index >= 15 is 0 Å². The van der Waals surface area contributed by atoms with Gasteiger partial charge in [-0.1, -0.05) is 0 Å². The molecule has 3 aromatic heterocycles. The molecule has 1 aromatic carbocycles. The number of oxazole rings is 1. The smallest absolute Gasteiger partial charge is 0.229 e. The molecule has 4 rings (SSSR count). The number of hydrogen-bond donors (Lipinski definition) is 1. The molecular formula is C17H14N4O2. The zero-order valence-corrected chi connectivity index (χ0v) is 12.7. The quantitative estimate of drug-likeness (QED) is 0.624. The molecule has 1 N–H and O–H groups in total. The van der Waals surface area contributed by atoms with Crippen LogP contribution in [0.25, 0.3) is 33.3 Å². The van der Waals surface area contributed by atoms with Gasteiger partial charge >= 0.3 is 0 Å². The molecule has 0 saturated heterocycles. The van der Waals surface area contributed by atoms with Gasteiger partial charge in [0, 0.05) is 42.5 Å². The summed E-state index contributed by atoms with van der Waals surface area (Å²) in [5.41, 5.74) is 2.29. The average Bonchev–Trinajstić information content (AvgIpc) is 3.03. The summed E-state index contributed by atoms with van der Waals surface area (Å²) in [6.45, 7) is 0. The Morgan fingerprint density at radius 3 is 2.87 bits per heavy atom. The van der Waals surface area contributed by atoms with E-state index < -0.39 is 0 Å². The van der Waals surface area contributed by atoms with Gasteiger partial charge in [-0.05, 0) is 18.2 Å². The summed E-state index contributed by atoms with van der Waals surface area (Å²) in [6.07, 6.45) is 5.29. The Morgan fingerprint density at radius 1 is 1.13 bits per heavy atom. The van der Waals surface area contributed by atoms with Gasteiger partial charge in [0.15, 0.2) is 5.58 Å². The number of benzene rings is 1. The van der Waals surface area contributed by atoms with Crippen molar-refractivity contribution in [3.63, 3.8) is 0 Å². The molecule has 0 spiro atoms. The lowest BCUT2D eigenvalue weighted by molar-refractivity contribution is 0.415. The summed E-state index contributed by atoms with van der Waals surface area (Å²) in [6, 6.07) is 7.48. The molecule has 0 atom stereocenters. The third-order valence-electron chi connectivity index (χ3n) is 3.75. The number of fused-ring (bicyclic) bond motifs is 2. The zero-order chi connectivity index (χ0) is 15.8. The van der Waals surface area contributed by atoms with E-state index in [-0.39, 0.29) is 0 Å². The second kappa shape index (κ2) is 5.24. The fourth-order valence-electron chi connectivity index (χ4n) is 2.61. The highest BCUT2D eigenvalue weighted by molar-refractivity contribution is 6.00. The van der Waals surface area contributed by atoms with Crippen molar-refractivity contribution >= 4 is 27.7 Å². The summed E-state index contributed by atoms with van der Waals surface area (Å²) in [5, 5.41) is 4.98. The first kappa shape index (κ1) is 13.5. The average molecular weight is 306 g/mol. The van der Waals surface area contributed by atoms with Crippen molar-refractivity contribution in [1.82, 2.24) is 15.0 Å². The number of nitrogens with one attached hydrogen (secondary N) is 1. The lowest BCUT2D eigenvalue weighted by Gasteiger charge is -2.07. The highest BCUT2D eigenvalue weighted by atomic mass is 16.5. The lowest BCUT2D eigenvalue weighted by atomic mass is 10.1. The number of hydrogen-bond acceptors (Lipinski definition) is 6. The summed E-state index contributed by atoms with van der Waals surface area (Å²) < 4.78 is 11.1. The lowest BCUT2D eigenvalue weighted by Crippen LogP contribution is -1.95. The molecule has 6 heteroatoms. The summed E-state index contributed by atoms with van der Waals surface area (Å²) in [4.78, 5) is 13.2. The van der Waals surface area contributed by atoms with Crippen molar-refractivity contribution in [2.24, 2.45) is 0 Å². The third kappa shape index (κ3) is 2.15. The maximum Gasteiger partial charge on any atom is 0.229 e. The Balaban J connectivity index is 1.95. The largest absolute Gasteiger partial charge is 0.497 e. The van der Waals surface area contributed by atoms with Gasteiger partial charge in [-0.2, -0.15) is 0 Å². The third-order valence-corrected chi connectivity index (χ3v) is 3.75. The molecule has 0 fully saturated rings. The van der Waals surface area contributed by atoms with Crippen LogP contribution in [0.2, 0.25) is 0 Å². The van der Waals surface area contributed by atoms with Gasteiger partial charge in [-0.3, -0.25) is 4.98 Å². The maximum absolute atomic E-state index is 5.89. The highest BCUT2D eigenvalue weighted by Crippen LogP contribution is 2.33. The molecule has 0 saturated carbocycles. The number of pyridine rings is 2. The van der Waals surface area contributed by atoms with Crippen LogP contribution in [0, 0.1) is 0 Å². The van der Waals surface area contributed by atoms with Crippen molar-refractivity contribution in [3.8, 4) is 17.2 Å². The SMILES string of the molecule is CNc1ncc(-c2nc3cc(OC)ccc3o2)c2ccncc12. The first-order chi connectivity index (χ1) is 11.3. The molecule has 4 aromatic rings. The van der Waals surface area contributed by atoms with Crippen molar-refractivity contribution in [2.45, 2.75) is 0 Å². The van der Waals surface area contributed by atoms with Gasteiger partial charge in [0.05, 0.1) is 12.7 Å². The van der Waals surface area contributed by atoms with Gasteiger partial charge in [0.25, 0.3) is 0 Å². The first-order valence-electron chi connectivity index (χ1n) is 7.15. The van der Waals surface area contributed by atoms with Crippen LogP contribution in [0.4, 0.5) is 5.82 Å².